The van der Waals surface area contributed by atoms with E-state index in [1.807, 2.05) is 19.0 Å². The van der Waals surface area contributed by atoms with Crippen LogP contribution < -0.4 is 14.4 Å². The van der Waals surface area contributed by atoms with Crippen LogP contribution in [-0.2, 0) is 28.4 Å². The molecule has 2 amide bonds. The summed E-state index contributed by atoms with van der Waals surface area (Å²) >= 11 is 0. The number of nitrogens with zero attached hydrogens (tertiary/aromatic N) is 3. The molecule has 0 fully saturated rings. The van der Waals surface area contributed by atoms with Crippen LogP contribution in [0.15, 0.2) is 30.3 Å². The van der Waals surface area contributed by atoms with Gasteiger partial charge in [0, 0.05) is 30.8 Å². The van der Waals surface area contributed by atoms with Crippen molar-refractivity contribution in [2.45, 2.75) is 51.2 Å². The number of hydrogen-bond acceptors (Lipinski definition) is 7. The summed E-state index contributed by atoms with van der Waals surface area (Å²) in [7, 11) is 6.13. The predicted molar refractivity (Wildman–Crippen MR) is 148 cm³/mol. The number of alkyl halides is 6. The Balaban J connectivity index is 2.19. The van der Waals surface area contributed by atoms with Gasteiger partial charge in [-0.1, -0.05) is 0 Å². The number of ether oxygens (including phenoxy) is 4. The number of methoxy groups -OCH3 is 2. The molecule has 3 rings (SSSR count). The van der Waals surface area contributed by atoms with Gasteiger partial charge in [-0.2, -0.15) is 26.3 Å². The summed E-state index contributed by atoms with van der Waals surface area (Å²) < 4.78 is 103. The van der Waals surface area contributed by atoms with E-state index in [-0.39, 0.29) is 42.9 Å². The van der Waals surface area contributed by atoms with Crippen LogP contribution in [0.4, 0.5) is 41.6 Å². The van der Waals surface area contributed by atoms with Crippen LogP contribution in [0.2, 0.25) is 0 Å². The summed E-state index contributed by atoms with van der Waals surface area (Å²) in [5, 5.41) is 0. The first-order valence-electron chi connectivity index (χ1n) is 13.6. The average molecular weight is 636 g/mol. The Labute approximate surface area is 251 Å². The second-order valence-electron chi connectivity index (χ2n) is 10.4. The van der Waals surface area contributed by atoms with Gasteiger partial charge < -0.3 is 23.8 Å². The third-order valence-corrected chi connectivity index (χ3v) is 6.98. The largest absolute Gasteiger partial charge is 0.493 e. The molecule has 0 N–H and O–H groups in total. The number of anilines is 1. The smallest absolute Gasteiger partial charge is 0.416 e. The molecule has 2 atom stereocenters. The summed E-state index contributed by atoms with van der Waals surface area (Å²) in [6, 6.07) is 2.60. The molecule has 44 heavy (non-hydrogen) atoms. The lowest BCUT2D eigenvalue weighted by molar-refractivity contribution is -0.143. The first-order valence-corrected chi connectivity index (χ1v) is 13.6. The number of carbonyl (C=O) groups is 2. The van der Waals surface area contributed by atoms with Gasteiger partial charge in [-0.3, -0.25) is 9.80 Å². The molecule has 1 aliphatic heterocycles. The molecular formula is C29H35F6N3O6. The fourth-order valence-electron chi connectivity index (χ4n) is 4.94. The first-order chi connectivity index (χ1) is 20.5. The van der Waals surface area contributed by atoms with Crippen molar-refractivity contribution in [3.8, 4) is 11.5 Å². The lowest BCUT2D eigenvalue weighted by Gasteiger charge is -2.42. The number of fused-ring (bicyclic) bond motifs is 1. The molecule has 1 aliphatic rings. The molecule has 0 radical (unpaired) electrons. The number of benzene rings is 2. The van der Waals surface area contributed by atoms with Crippen LogP contribution in [0.3, 0.4) is 0 Å². The summed E-state index contributed by atoms with van der Waals surface area (Å²) in [4.78, 5) is 30.5. The topological polar surface area (TPSA) is 80.8 Å². The van der Waals surface area contributed by atoms with Crippen molar-refractivity contribution in [1.29, 1.82) is 0 Å². The van der Waals surface area contributed by atoms with Crippen LogP contribution in [0.5, 0.6) is 11.5 Å². The molecule has 0 saturated heterocycles. The molecule has 0 aromatic heterocycles. The third kappa shape index (κ3) is 7.98. The minimum absolute atomic E-state index is 0.0177. The van der Waals surface area contributed by atoms with E-state index in [1.165, 1.54) is 24.1 Å². The highest BCUT2D eigenvalue weighted by molar-refractivity contribution is 5.91. The Kier molecular flexibility index (Phi) is 10.9. The second kappa shape index (κ2) is 13.8. The standard InChI is InChI=1S/C29H35F6N3O6/c1-7-43-27(40)38-17(2)10-22(21-14-24(41-5)25(15-23(21)38)44-9-8-36(3)4)37(26(39)42-6)16-18-11-19(28(30,31)32)13-20(12-18)29(33,34)35/h11-15,17,22H,7-10,16H2,1-6H3/t17-,22+/m1/s1. The van der Waals surface area contributed by atoms with E-state index in [0.717, 1.165) is 12.0 Å². The highest BCUT2D eigenvalue weighted by atomic mass is 19.4. The number of likely N-dealkylation sites (N-methyl/N-ethyl adjacent to an activating group) is 1. The van der Waals surface area contributed by atoms with Gasteiger partial charge in [0.05, 0.1) is 43.7 Å². The van der Waals surface area contributed by atoms with Gasteiger partial charge in [0.2, 0.25) is 0 Å². The maximum absolute atomic E-state index is 13.6. The van der Waals surface area contributed by atoms with E-state index in [9.17, 15) is 35.9 Å². The maximum Gasteiger partial charge on any atom is 0.416 e. The summed E-state index contributed by atoms with van der Waals surface area (Å²) in [5.74, 6) is 0.502. The highest BCUT2D eigenvalue weighted by Crippen LogP contribution is 2.47. The van der Waals surface area contributed by atoms with Crippen molar-refractivity contribution < 1.29 is 54.9 Å². The zero-order valence-electron chi connectivity index (χ0n) is 25.1. The molecule has 15 heteroatoms. The van der Waals surface area contributed by atoms with E-state index < -0.39 is 59.9 Å². The van der Waals surface area contributed by atoms with Gasteiger partial charge in [0.25, 0.3) is 0 Å². The molecule has 0 bridgehead atoms. The molecule has 2 aromatic rings. The van der Waals surface area contributed by atoms with Crippen molar-refractivity contribution in [2.75, 3.05) is 53.0 Å². The zero-order valence-corrected chi connectivity index (χ0v) is 25.1. The predicted octanol–water partition coefficient (Wildman–Crippen LogP) is 6.74. The minimum atomic E-state index is -5.07. The molecule has 244 valence electrons. The van der Waals surface area contributed by atoms with Crippen molar-refractivity contribution in [3.05, 3.63) is 52.6 Å². The minimum Gasteiger partial charge on any atom is -0.493 e. The van der Waals surface area contributed by atoms with Crippen molar-refractivity contribution >= 4 is 17.9 Å². The SMILES string of the molecule is CCOC(=O)N1c2cc(OCCN(C)C)c(OC)cc2[C@@H](N(Cc2cc(C(F)(F)F)cc(C(F)(F)F)c2)C(=O)OC)C[C@H]1C. The Morgan fingerprint density at radius 1 is 0.955 bits per heavy atom. The van der Waals surface area contributed by atoms with E-state index >= 15 is 0 Å². The fourth-order valence-corrected chi connectivity index (χ4v) is 4.94. The van der Waals surface area contributed by atoms with Gasteiger partial charge in [-0.05, 0) is 64.2 Å². The number of carbonyl (C=O) groups excluding carboxylic acids is 2. The number of hydrogen-bond donors (Lipinski definition) is 0. The van der Waals surface area contributed by atoms with Gasteiger partial charge in [0.15, 0.2) is 11.5 Å². The maximum atomic E-state index is 13.6. The van der Waals surface area contributed by atoms with E-state index in [4.69, 9.17) is 18.9 Å². The van der Waals surface area contributed by atoms with Crippen molar-refractivity contribution in [3.63, 3.8) is 0 Å². The quantitative estimate of drug-likeness (QED) is 0.283. The van der Waals surface area contributed by atoms with E-state index in [2.05, 4.69) is 0 Å². The fraction of sp³-hybridized carbons (Fsp3) is 0.517. The lowest BCUT2D eigenvalue weighted by Crippen LogP contribution is -2.47. The highest BCUT2D eigenvalue weighted by Gasteiger charge is 2.42. The van der Waals surface area contributed by atoms with Gasteiger partial charge in [-0.25, -0.2) is 9.59 Å². The second-order valence-corrected chi connectivity index (χ2v) is 10.4. The summed E-state index contributed by atoms with van der Waals surface area (Å²) in [6.45, 7) is 3.50. The van der Waals surface area contributed by atoms with Gasteiger partial charge >= 0.3 is 24.5 Å². The summed E-state index contributed by atoms with van der Waals surface area (Å²) in [5.41, 5.74) is -2.86. The Bertz CT molecular complexity index is 1300. The number of halogens is 6. The summed E-state index contributed by atoms with van der Waals surface area (Å²) in [6.07, 6.45) is -11.8. The number of rotatable bonds is 9. The third-order valence-electron chi connectivity index (χ3n) is 6.98. The van der Waals surface area contributed by atoms with Crippen molar-refractivity contribution in [2.24, 2.45) is 0 Å². The lowest BCUT2D eigenvalue weighted by atomic mass is 9.90. The normalized spacial score (nSPS) is 16.8. The Morgan fingerprint density at radius 2 is 1.57 bits per heavy atom. The molecule has 2 aromatic carbocycles. The van der Waals surface area contributed by atoms with Gasteiger partial charge in [-0.15, -0.1) is 0 Å². The Morgan fingerprint density at radius 3 is 2.07 bits per heavy atom. The molecule has 0 aliphatic carbocycles. The number of amides is 2. The zero-order chi connectivity index (χ0) is 33.0. The van der Waals surface area contributed by atoms with Crippen LogP contribution in [0.25, 0.3) is 0 Å². The monoisotopic (exact) mass is 635 g/mol. The van der Waals surface area contributed by atoms with Gasteiger partial charge in [0.1, 0.15) is 6.61 Å². The molecule has 9 nitrogen and oxygen atoms in total. The van der Waals surface area contributed by atoms with Crippen LogP contribution in [0, 0.1) is 0 Å². The molecule has 0 saturated carbocycles. The molecule has 1 heterocycles. The molecule has 0 spiro atoms. The average Bonchev–Trinajstić information content (AvgIpc) is 2.93. The van der Waals surface area contributed by atoms with Crippen LogP contribution in [0.1, 0.15) is 48.6 Å². The Hall–Kier alpha value is -3.88. The first kappa shape index (κ1) is 34.6. The molecule has 0 unspecified atom stereocenters. The van der Waals surface area contributed by atoms with Crippen LogP contribution in [-0.4, -0.2) is 76.1 Å². The van der Waals surface area contributed by atoms with E-state index in [0.29, 0.717) is 24.2 Å². The van der Waals surface area contributed by atoms with Crippen LogP contribution >= 0.6 is 0 Å². The molecular weight excluding hydrogens is 600 g/mol. The van der Waals surface area contributed by atoms with E-state index in [1.54, 1.807) is 13.8 Å². The van der Waals surface area contributed by atoms with Crippen molar-refractivity contribution in [1.82, 2.24) is 9.80 Å².